The van der Waals surface area contributed by atoms with Gasteiger partial charge in [0.15, 0.2) is 5.82 Å². The highest BCUT2D eigenvalue weighted by molar-refractivity contribution is 7.70. The fourth-order valence-electron chi connectivity index (χ4n) is 12.8. The summed E-state index contributed by atoms with van der Waals surface area (Å²) < 4.78 is 13.4. The van der Waals surface area contributed by atoms with E-state index in [2.05, 4.69) is 217 Å². The highest BCUT2D eigenvalue weighted by Crippen LogP contribution is 2.45. The van der Waals surface area contributed by atoms with E-state index < -0.39 is 7.14 Å². The average molecular weight is 1160 g/mol. The van der Waals surface area contributed by atoms with Gasteiger partial charge < -0.3 is 20.9 Å². The SMILES string of the molecule is CP(C)(=O)c1cccc(-c2nc(-c3ccccc3)c(N)nc2-c2cccc(Nc3ccc4c(-c5ccc6ccccc6c5)c5ccc6c(Nc7ccc8c(-c9ccc(-c%10ccccc%10)cc9)c9ccc%10ccccc%10c9nc8c7)cccc6c5nc4c3)c2)c1. The second-order valence-corrected chi connectivity index (χ2v) is 26.5. The second-order valence-electron chi connectivity index (χ2n) is 23.2. The van der Waals surface area contributed by atoms with Gasteiger partial charge in [-0.05, 0) is 106 Å². The summed E-state index contributed by atoms with van der Waals surface area (Å²) in [5.74, 6) is 0.316. The smallest absolute Gasteiger partial charge is 0.150 e. The van der Waals surface area contributed by atoms with Gasteiger partial charge in [-0.15, -0.1) is 0 Å². The zero-order valence-corrected chi connectivity index (χ0v) is 49.7. The van der Waals surface area contributed by atoms with Crippen molar-refractivity contribution in [3.63, 3.8) is 0 Å². The van der Waals surface area contributed by atoms with E-state index in [0.29, 0.717) is 22.9 Å². The summed E-state index contributed by atoms with van der Waals surface area (Å²) in [5, 5.41) is 19.4. The molecule has 0 bridgehead atoms. The van der Waals surface area contributed by atoms with Crippen molar-refractivity contribution in [2.75, 3.05) is 29.7 Å². The predicted molar refractivity (Wildman–Crippen MR) is 376 cm³/mol. The van der Waals surface area contributed by atoms with E-state index in [1.54, 1.807) is 13.3 Å². The minimum Gasteiger partial charge on any atom is -0.382 e. The highest BCUT2D eigenvalue weighted by Gasteiger charge is 2.22. The third-order valence-corrected chi connectivity index (χ3v) is 18.7. The molecule has 0 atom stereocenters. The monoisotopic (exact) mass is 1160 g/mol. The summed E-state index contributed by atoms with van der Waals surface area (Å²) >= 11 is 0. The Bertz CT molecular complexity index is 5570. The lowest BCUT2D eigenvalue weighted by molar-refractivity contribution is 0.588. The maximum absolute atomic E-state index is 13.4. The Kier molecular flexibility index (Phi) is 12.9. The molecule has 16 rings (SSSR count). The van der Waals surface area contributed by atoms with E-state index >= 15 is 0 Å². The number of nitrogen functional groups attached to an aromatic ring is 1. The molecular weight excluding hydrogens is 1110 g/mol. The molecule has 422 valence electrons. The van der Waals surface area contributed by atoms with Gasteiger partial charge in [0.25, 0.3) is 0 Å². The first-order valence-corrected chi connectivity index (χ1v) is 32.4. The largest absolute Gasteiger partial charge is 0.382 e. The molecule has 0 aliphatic rings. The molecule has 0 radical (unpaired) electrons. The summed E-state index contributed by atoms with van der Waals surface area (Å²) in [6.07, 6.45) is 0. The number of fused-ring (bicyclic) bond motifs is 9. The highest BCUT2D eigenvalue weighted by atomic mass is 31.2. The van der Waals surface area contributed by atoms with Crippen molar-refractivity contribution >= 4 is 117 Å². The van der Waals surface area contributed by atoms with E-state index in [9.17, 15) is 4.57 Å². The molecule has 0 spiro atoms. The lowest BCUT2D eigenvalue weighted by Crippen LogP contribution is -2.06. The number of hydrogen-bond acceptors (Lipinski definition) is 8. The van der Waals surface area contributed by atoms with Crippen molar-refractivity contribution in [3.8, 4) is 67.2 Å². The van der Waals surface area contributed by atoms with Crippen molar-refractivity contribution in [2.24, 2.45) is 0 Å². The Morgan fingerprint density at radius 1 is 0.315 bits per heavy atom. The van der Waals surface area contributed by atoms with Crippen LogP contribution in [0, 0.1) is 0 Å². The fourth-order valence-corrected chi connectivity index (χ4v) is 13.7. The maximum atomic E-state index is 13.4. The first-order valence-electron chi connectivity index (χ1n) is 29.8. The topological polar surface area (TPSA) is 119 Å². The number of nitrogens with one attached hydrogen (secondary N) is 2. The third kappa shape index (κ3) is 9.73. The van der Waals surface area contributed by atoms with Crippen LogP contribution in [0.5, 0.6) is 0 Å². The van der Waals surface area contributed by atoms with E-state index in [4.69, 9.17) is 25.7 Å². The molecule has 13 aromatic carbocycles. The van der Waals surface area contributed by atoms with Crippen LogP contribution >= 0.6 is 7.14 Å². The van der Waals surface area contributed by atoms with Crippen molar-refractivity contribution < 1.29 is 4.57 Å². The zero-order chi connectivity index (χ0) is 59.7. The number of hydrogen-bond donors (Lipinski definition) is 3. The number of nitrogens with zero attached hydrogens (tertiary/aromatic N) is 4. The van der Waals surface area contributed by atoms with Crippen LogP contribution in [-0.2, 0) is 4.57 Å². The molecule has 0 saturated carbocycles. The van der Waals surface area contributed by atoms with Crippen LogP contribution in [0.1, 0.15) is 0 Å². The van der Waals surface area contributed by atoms with Crippen LogP contribution in [0.4, 0.5) is 28.6 Å². The summed E-state index contributed by atoms with van der Waals surface area (Å²) in [4.78, 5) is 21.4. The van der Waals surface area contributed by atoms with Gasteiger partial charge in [-0.25, -0.2) is 19.9 Å². The fraction of sp³-hybridized carbons (Fsp3) is 0.0250. The van der Waals surface area contributed by atoms with Crippen molar-refractivity contribution in [1.82, 2.24) is 19.9 Å². The average Bonchev–Trinajstić information content (AvgIpc) is 0.874. The van der Waals surface area contributed by atoms with Crippen molar-refractivity contribution in [1.29, 1.82) is 0 Å². The molecule has 0 aliphatic heterocycles. The van der Waals surface area contributed by atoms with E-state index in [0.717, 1.165) is 132 Å². The molecule has 8 nitrogen and oxygen atoms in total. The summed E-state index contributed by atoms with van der Waals surface area (Å²) in [6, 6.07) is 97.5. The van der Waals surface area contributed by atoms with Gasteiger partial charge in [0.05, 0.1) is 33.5 Å². The lowest BCUT2D eigenvalue weighted by Gasteiger charge is -2.17. The molecular formula is C80H56N7OP. The van der Waals surface area contributed by atoms with Crippen LogP contribution in [0.3, 0.4) is 0 Å². The normalized spacial score (nSPS) is 11.8. The van der Waals surface area contributed by atoms with Crippen LogP contribution in [-0.4, -0.2) is 33.3 Å². The molecule has 0 amide bonds. The maximum Gasteiger partial charge on any atom is 0.150 e. The number of pyridine rings is 2. The molecule has 0 saturated heterocycles. The van der Waals surface area contributed by atoms with Gasteiger partial charge in [0, 0.05) is 93.6 Å². The molecule has 0 unspecified atom stereocenters. The van der Waals surface area contributed by atoms with Crippen molar-refractivity contribution in [3.05, 3.63) is 279 Å². The van der Waals surface area contributed by atoms with Crippen LogP contribution in [0.15, 0.2) is 279 Å². The molecule has 3 aromatic heterocycles. The first kappa shape index (κ1) is 53.2. The van der Waals surface area contributed by atoms with E-state index in [1.165, 1.54) is 21.9 Å². The van der Waals surface area contributed by atoms with Crippen LogP contribution in [0.25, 0.3) is 143 Å². The van der Waals surface area contributed by atoms with Crippen LogP contribution < -0.4 is 21.7 Å². The number of anilines is 5. The molecule has 3 heterocycles. The Balaban J connectivity index is 0.800. The van der Waals surface area contributed by atoms with Gasteiger partial charge in [-0.1, -0.05) is 224 Å². The zero-order valence-electron chi connectivity index (χ0n) is 48.8. The molecule has 0 fully saturated rings. The Hall–Kier alpha value is -11.3. The van der Waals surface area contributed by atoms with Gasteiger partial charge >= 0.3 is 0 Å². The third-order valence-electron chi connectivity index (χ3n) is 17.2. The number of rotatable bonds is 11. The molecule has 16 aromatic rings. The summed E-state index contributed by atoms with van der Waals surface area (Å²) in [6.45, 7) is 3.57. The van der Waals surface area contributed by atoms with Crippen LogP contribution in [0.2, 0.25) is 0 Å². The summed E-state index contributed by atoms with van der Waals surface area (Å²) in [7, 11) is -2.60. The Morgan fingerprint density at radius 3 is 1.56 bits per heavy atom. The Labute approximate surface area is 514 Å². The van der Waals surface area contributed by atoms with Gasteiger partial charge in [-0.3, -0.25) is 0 Å². The molecule has 0 aliphatic carbocycles. The van der Waals surface area contributed by atoms with Gasteiger partial charge in [0.2, 0.25) is 0 Å². The number of nitrogens with two attached hydrogens (primary N) is 1. The minimum absolute atomic E-state index is 0.316. The van der Waals surface area contributed by atoms with Gasteiger partial charge in [-0.2, -0.15) is 0 Å². The quantitative estimate of drug-likeness (QED) is 0.0666. The van der Waals surface area contributed by atoms with Crippen molar-refractivity contribution in [2.45, 2.75) is 0 Å². The molecule has 89 heavy (non-hydrogen) atoms. The minimum atomic E-state index is -2.60. The molecule has 4 N–H and O–H groups in total. The summed E-state index contributed by atoms with van der Waals surface area (Å²) in [5.41, 5.74) is 25.2. The van der Waals surface area contributed by atoms with E-state index in [-0.39, 0.29) is 0 Å². The number of aromatic nitrogens is 4. The second kappa shape index (κ2) is 21.6. The first-order chi connectivity index (χ1) is 43.6. The Morgan fingerprint density at radius 2 is 0.820 bits per heavy atom. The lowest BCUT2D eigenvalue weighted by atomic mass is 9.92. The van der Waals surface area contributed by atoms with E-state index in [1.807, 2.05) is 72.8 Å². The molecule has 9 heteroatoms. The standard InChI is InChI=1S/C80H56N7OP/c1-89(2,88)62-26-14-24-58(46-62)75-76(87-80(81)77(86-75)54-20-7-4-8-21-54)57-23-13-25-59(45-57)82-60-37-40-67-71(47-60)85-79-65-28-15-29-70(64(65)42-43-69(79)74(67)56-35-32-50-18-9-10-22-55(50)44-56)83-61-38-41-66-72(48-61)84-78-63-27-12-11-19-52(63)36-39-68(78)73(66)53-33-30-51(31-34-53)49-16-5-3-6-17-49/h3-48,82-83H,1-2H3,(H2,81,87). The van der Waals surface area contributed by atoms with Gasteiger partial charge in [0.1, 0.15) is 12.8 Å². The number of benzene rings is 13. The predicted octanol–water partition coefficient (Wildman–Crippen LogP) is 20.7.